The van der Waals surface area contributed by atoms with Crippen LogP contribution in [0.2, 0.25) is 0 Å². The van der Waals surface area contributed by atoms with E-state index in [-0.39, 0.29) is 0 Å². The van der Waals surface area contributed by atoms with Crippen LogP contribution >= 0.6 is 11.3 Å². The normalized spacial score (nSPS) is 10.8. The average Bonchev–Trinajstić information content (AvgIpc) is 2.85. The SMILES string of the molecule is CCNc1ncnc2scc(-c3ccc(C)cc3)c12. The molecule has 0 amide bonds. The summed E-state index contributed by atoms with van der Waals surface area (Å²) in [6.45, 7) is 5.03. The number of nitrogens with one attached hydrogen (secondary N) is 1. The minimum atomic E-state index is 0.856. The molecule has 0 aliphatic heterocycles. The molecule has 3 nitrogen and oxygen atoms in total. The molecule has 0 saturated carbocycles. The second-order valence-corrected chi connectivity index (χ2v) is 5.31. The summed E-state index contributed by atoms with van der Waals surface area (Å²) in [5.41, 5.74) is 3.69. The number of aryl methyl sites for hydroxylation is 1. The Morgan fingerprint density at radius 3 is 2.68 bits per heavy atom. The number of benzene rings is 1. The first-order valence-electron chi connectivity index (χ1n) is 6.32. The van der Waals surface area contributed by atoms with Crippen molar-refractivity contribution in [3.05, 3.63) is 41.5 Å². The van der Waals surface area contributed by atoms with Gasteiger partial charge >= 0.3 is 0 Å². The van der Waals surface area contributed by atoms with Crippen LogP contribution in [0.3, 0.4) is 0 Å². The number of nitrogens with zero attached hydrogens (tertiary/aromatic N) is 2. The van der Waals surface area contributed by atoms with Crippen LogP contribution in [0.4, 0.5) is 5.82 Å². The van der Waals surface area contributed by atoms with Crippen molar-refractivity contribution in [1.29, 1.82) is 0 Å². The molecule has 2 aromatic heterocycles. The Morgan fingerprint density at radius 2 is 1.95 bits per heavy atom. The lowest BCUT2D eigenvalue weighted by Crippen LogP contribution is -2.00. The Labute approximate surface area is 116 Å². The molecule has 0 aliphatic rings. The molecule has 0 atom stereocenters. The summed E-state index contributed by atoms with van der Waals surface area (Å²) < 4.78 is 0. The number of hydrogen-bond donors (Lipinski definition) is 1. The molecule has 2 heterocycles. The van der Waals surface area contributed by atoms with Crippen LogP contribution in [0.1, 0.15) is 12.5 Å². The molecule has 0 fully saturated rings. The first kappa shape index (κ1) is 12.1. The Morgan fingerprint density at radius 1 is 1.16 bits per heavy atom. The van der Waals surface area contributed by atoms with Crippen molar-refractivity contribution in [2.75, 3.05) is 11.9 Å². The van der Waals surface area contributed by atoms with Gasteiger partial charge in [0.1, 0.15) is 17.0 Å². The van der Waals surface area contributed by atoms with Crippen molar-refractivity contribution in [3.63, 3.8) is 0 Å². The molecular formula is C15H15N3S. The number of rotatable bonds is 3. The van der Waals surface area contributed by atoms with Gasteiger partial charge in [0, 0.05) is 17.5 Å². The second kappa shape index (κ2) is 4.97. The van der Waals surface area contributed by atoms with Gasteiger partial charge < -0.3 is 5.32 Å². The van der Waals surface area contributed by atoms with Crippen LogP contribution < -0.4 is 5.32 Å². The van der Waals surface area contributed by atoms with Crippen molar-refractivity contribution >= 4 is 27.4 Å². The zero-order chi connectivity index (χ0) is 13.2. The number of fused-ring (bicyclic) bond motifs is 1. The molecule has 0 bridgehead atoms. The summed E-state index contributed by atoms with van der Waals surface area (Å²) in [6.07, 6.45) is 1.62. The van der Waals surface area contributed by atoms with E-state index in [0.29, 0.717) is 0 Å². The molecule has 3 rings (SSSR count). The molecule has 0 spiro atoms. The van der Waals surface area contributed by atoms with Crippen molar-refractivity contribution in [2.24, 2.45) is 0 Å². The summed E-state index contributed by atoms with van der Waals surface area (Å²) in [7, 11) is 0. The quantitative estimate of drug-likeness (QED) is 0.778. The maximum absolute atomic E-state index is 4.36. The van der Waals surface area contributed by atoms with E-state index >= 15 is 0 Å². The molecular weight excluding hydrogens is 254 g/mol. The fourth-order valence-electron chi connectivity index (χ4n) is 2.12. The summed E-state index contributed by atoms with van der Waals surface area (Å²) >= 11 is 1.66. The maximum Gasteiger partial charge on any atom is 0.138 e. The zero-order valence-electron chi connectivity index (χ0n) is 11.0. The van der Waals surface area contributed by atoms with Gasteiger partial charge in [-0.25, -0.2) is 9.97 Å². The van der Waals surface area contributed by atoms with Crippen molar-refractivity contribution in [3.8, 4) is 11.1 Å². The topological polar surface area (TPSA) is 37.8 Å². The number of hydrogen-bond acceptors (Lipinski definition) is 4. The molecule has 4 heteroatoms. The van der Waals surface area contributed by atoms with E-state index in [4.69, 9.17) is 0 Å². The van der Waals surface area contributed by atoms with Crippen molar-refractivity contribution in [1.82, 2.24) is 9.97 Å². The Balaban J connectivity index is 2.21. The fraction of sp³-hybridized carbons (Fsp3) is 0.200. The van der Waals surface area contributed by atoms with Crippen LogP contribution in [0, 0.1) is 6.92 Å². The molecule has 0 radical (unpaired) electrons. The first-order valence-corrected chi connectivity index (χ1v) is 7.20. The lowest BCUT2D eigenvalue weighted by atomic mass is 10.0. The lowest BCUT2D eigenvalue weighted by Gasteiger charge is -2.06. The zero-order valence-corrected chi connectivity index (χ0v) is 11.8. The van der Waals surface area contributed by atoms with E-state index in [9.17, 15) is 0 Å². The summed E-state index contributed by atoms with van der Waals surface area (Å²) in [4.78, 5) is 9.74. The maximum atomic E-state index is 4.36. The molecule has 1 aromatic carbocycles. The van der Waals surface area contributed by atoms with E-state index in [2.05, 4.69) is 58.8 Å². The predicted octanol–water partition coefficient (Wildman–Crippen LogP) is 4.10. The summed E-state index contributed by atoms with van der Waals surface area (Å²) in [5, 5.41) is 6.59. The van der Waals surface area contributed by atoms with Gasteiger partial charge in [-0.15, -0.1) is 11.3 Å². The third-order valence-electron chi connectivity index (χ3n) is 3.08. The van der Waals surface area contributed by atoms with E-state index in [1.54, 1.807) is 17.7 Å². The summed E-state index contributed by atoms with van der Waals surface area (Å²) in [6, 6.07) is 8.57. The highest BCUT2D eigenvalue weighted by Gasteiger charge is 2.12. The van der Waals surface area contributed by atoms with Gasteiger partial charge in [-0.05, 0) is 19.4 Å². The van der Waals surface area contributed by atoms with E-state index in [0.717, 1.165) is 22.6 Å². The molecule has 3 aromatic rings. The van der Waals surface area contributed by atoms with Crippen molar-refractivity contribution < 1.29 is 0 Å². The Kier molecular flexibility index (Phi) is 3.17. The lowest BCUT2D eigenvalue weighted by molar-refractivity contribution is 1.15. The van der Waals surface area contributed by atoms with E-state index < -0.39 is 0 Å². The summed E-state index contributed by atoms with van der Waals surface area (Å²) in [5.74, 6) is 0.921. The molecule has 96 valence electrons. The van der Waals surface area contributed by atoms with Crippen LogP contribution in [0.5, 0.6) is 0 Å². The highest BCUT2D eigenvalue weighted by Crippen LogP contribution is 2.36. The molecule has 0 unspecified atom stereocenters. The molecule has 0 aliphatic carbocycles. The fourth-order valence-corrected chi connectivity index (χ4v) is 3.04. The average molecular weight is 269 g/mol. The number of aromatic nitrogens is 2. The standard InChI is InChI=1S/C15H15N3S/c1-3-16-14-13-12(8-19-15(13)18-9-17-14)11-6-4-10(2)5-7-11/h4-9H,3H2,1-2H3,(H,16,17,18). The van der Waals surface area contributed by atoms with Crippen LogP contribution in [-0.4, -0.2) is 16.5 Å². The minimum Gasteiger partial charge on any atom is -0.370 e. The Bertz CT molecular complexity index is 701. The van der Waals surface area contributed by atoms with E-state index in [1.165, 1.54) is 16.7 Å². The van der Waals surface area contributed by atoms with Gasteiger partial charge in [0.05, 0.1) is 5.39 Å². The predicted molar refractivity (Wildman–Crippen MR) is 81.8 cm³/mol. The monoisotopic (exact) mass is 269 g/mol. The van der Waals surface area contributed by atoms with Crippen LogP contribution in [0.25, 0.3) is 21.3 Å². The van der Waals surface area contributed by atoms with Crippen LogP contribution in [0.15, 0.2) is 36.0 Å². The van der Waals surface area contributed by atoms with Gasteiger partial charge in [0.2, 0.25) is 0 Å². The van der Waals surface area contributed by atoms with Gasteiger partial charge in [-0.2, -0.15) is 0 Å². The van der Waals surface area contributed by atoms with E-state index in [1.807, 2.05) is 0 Å². The van der Waals surface area contributed by atoms with Crippen molar-refractivity contribution in [2.45, 2.75) is 13.8 Å². The van der Waals surface area contributed by atoms with Gasteiger partial charge in [0.15, 0.2) is 0 Å². The van der Waals surface area contributed by atoms with Gasteiger partial charge in [-0.3, -0.25) is 0 Å². The molecule has 0 saturated heterocycles. The highest BCUT2D eigenvalue weighted by atomic mass is 32.1. The van der Waals surface area contributed by atoms with Crippen LogP contribution in [-0.2, 0) is 0 Å². The minimum absolute atomic E-state index is 0.856. The van der Waals surface area contributed by atoms with Gasteiger partial charge in [-0.1, -0.05) is 29.8 Å². The third-order valence-corrected chi connectivity index (χ3v) is 3.96. The second-order valence-electron chi connectivity index (χ2n) is 4.45. The Hall–Kier alpha value is -1.94. The van der Waals surface area contributed by atoms with Gasteiger partial charge in [0.25, 0.3) is 0 Å². The number of anilines is 1. The first-order chi connectivity index (χ1) is 9.29. The number of thiophene rings is 1. The smallest absolute Gasteiger partial charge is 0.138 e. The molecule has 19 heavy (non-hydrogen) atoms. The third kappa shape index (κ3) is 2.19. The largest absolute Gasteiger partial charge is 0.370 e. The molecule has 1 N–H and O–H groups in total. The highest BCUT2D eigenvalue weighted by molar-refractivity contribution is 7.17.